The van der Waals surface area contributed by atoms with E-state index in [1.165, 1.54) is 81.7 Å². The van der Waals surface area contributed by atoms with E-state index in [2.05, 4.69) is 237 Å². The van der Waals surface area contributed by atoms with Gasteiger partial charge in [0.1, 0.15) is 23.1 Å². The zero-order valence-corrected chi connectivity index (χ0v) is 59.0. The van der Waals surface area contributed by atoms with Crippen LogP contribution in [0.1, 0.15) is 82.8 Å². The summed E-state index contributed by atoms with van der Waals surface area (Å²) in [5, 5.41) is 73.9. The van der Waals surface area contributed by atoms with E-state index in [0.717, 1.165) is 87.5 Å². The van der Waals surface area contributed by atoms with Crippen molar-refractivity contribution in [1.29, 1.82) is 0 Å². The number of para-hydroxylation sites is 4. The fourth-order valence-electron chi connectivity index (χ4n) is 12.1. The molecule has 2 aliphatic rings. The molecule has 4 heterocycles. The number of nitrogens with zero attached hydrogens (tertiary/aromatic N) is 6. The van der Waals surface area contributed by atoms with E-state index >= 15 is 0 Å². The van der Waals surface area contributed by atoms with Crippen LogP contribution in [-0.2, 0) is 73.6 Å². The number of carboxylic acids is 10. The molecule has 28 nitrogen and oxygen atoms in total. The molecule has 2 saturated heterocycles. The molecule has 0 radical (unpaired) electrons. The van der Waals surface area contributed by atoms with Crippen LogP contribution in [0.15, 0.2) is 218 Å². The Labute approximate surface area is 620 Å². The second-order valence-corrected chi connectivity index (χ2v) is 24.4. The van der Waals surface area contributed by atoms with Gasteiger partial charge in [0.15, 0.2) is 0 Å². The lowest BCUT2D eigenvalue weighted by Crippen LogP contribution is -2.36. The first-order valence-electron chi connectivity index (χ1n) is 33.9. The van der Waals surface area contributed by atoms with E-state index in [4.69, 9.17) is 118 Å². The van der Waals surface area contributed by atoms with E-state index in [1.807, 2.05) is 0 Å². The second-order valence-electron chi connectivity index (χ2n) is 24.4. The minimum Gasteiger partial charge on any atom is -0.497 e. The van der Waals surface area contributed by atoms with E-state index in [1.54, 1.807) is 14.2 Å². The van der Waals surface area contributed by atoms with Gasteiger partial charge in [0, 0.05) is 25.9 Å². The van der Waals surface area contributed by atoms with E-state index in [0.29, 0.717) is 11.8 Å². The largest absolute Gasteiger partial charge is 0.497 e. The standard InChI is InChI=1S/2C35H37N3O.5C2H2O4/c2*1-39-31-18-16-27(17-19-31)20-23-37-24-21-28(22-25-37)26-34-36-32-14-8-9-15-33(32)38(34)35(29-10-4-2-5-11-29)30-12-6-3-7-13-30;5*3-1(4)2(5)6/h2*2-19,28,35H,20-26H2,1H3;5*(H,3,4)(H,5,6). The molecule has 0 saturated carbocycles. The molecule has 12 rings (SSSR count). The molecular weight excluding hydrogens is 1400 g/mol. The summed E-state index contributed by atoms with van der Waals surface area (Å²) < 4.78 is 15.6. The average Bonchev–Trinajstić information content (AvgIpc) is 1.61. The van der Waals surface area contributed by atoms with Gasteiger partial charge in [-0.15, -0.1) is 0 Å². The van der Waals surface area contributed by atoms with Crippen LogP contribution in [0.5, 0.6) is 11.5 Å². The van der Waals surface area contributed by atoms with Crippen molar-refractivity contribution in [3.8, 4) is 11.5 Å². The highest BCUT2D eigenvalue weighted by Crippen LogP contribution is 2.36. The highest BCUT2D eigenvalue weighted by Gasteiger charge is 2.29. The number of imidazole rings is 2. The van der Waals surface area contributed by atoms with E-state index in [9.17, 15) is 0 Å². The molecule has 28 heteroatoms. The van der Waals surface area contributed by atoms with Crippen molar-refractivity contribution in [2.75, 3.05) is 53.5 Å². The molecular formula is C80H84N6O22. The van der Waals surface area contributed by atoms with Crippen LogP contribution in [-0.4, -0.2) is 193 Å². The summed E-state index contributed by atoms with van der Waals surface area (Å²) in [6, 6.07) is 78.0. The smallest absolute Gasteiger partial charge is 0.414 e. The Bertz CT molecular complexity index is 4050. The maximum absolute atomic E-state index is 9.10. The Balaban J connectivity index is 0.000000245. The number of rotatable bonds is 18. The number of aromatic nitrogens is 4. The van der Waals surface area contributed by atoms with Crippen molar-refractivity contribution in [2.24, 2.45) is 11.8 Å². The zero-order valence-electron chi connectivity index (χ0n) is 59.0. The summed E-state index contributed by atoms with van der Waals surface area (Å²) in [6.07, 6.45) is 9.05. The number of fused-ring (bicyclic) bond motifs is 2. The van der Waals surface area contributed by atoms with Gasteiger partial charge >= 0.3 is 59.7 Å². The molecule has 0 bridgehead atoms. The van der Waals surface area contributed by atoms with Crippen LogP contribution in [0.2, 0.25) is 0 Å². The summed E-state index contributed by atoms with van der Waals surface area (Å²) >= 11 is 0. The SMILES string of the molecule is COc1ccc(CCN2CCC(Cc3nc4ccccc4n3C(c3ccccc3)c3ccccc3)CC2)cc1.COc1ccc(CCN2CCC(Cc3nc4ccccc4n3C(c3ccccc3)c3ccccc3)CC2)cc1.O=C(O)C(=O)O.O=C(O)C(=O)O.O=C(O)C(=O)O.O=C(O)C(=O)O.O=C(O)C(=O)O. The summed E-state index contributed by atoms with van der Waals surface area (Å²) in [5.41, 5.74) is 12.5. The minimum atomic E-state index is -1.82. The van der Waals surface area contributed by atoms with Gasteiger partial charge in [0.25, 0.3) is 0 Å². The number of carboxylic acid groups (broad SMARTS) is 10. The topological polar surface area (TPSA) is 434 Å². The van der Waals surface area contributed by atoms with Crippen molar-refractivity contribution in [1.82, 2.24) is 28.9 Å². The summed E-state index contributed by atoms with van der Waals surface area (Å²) in [5.74, 6) is -12.7. The zero-order chi connectivity index (χ0) is 78.7. The van der Waals surface area contributed by atoms with Gasteiger partial charge in [-0.2, -0.15) is 0 Å². The molecule has 0 aliphatic carbocycles. The molecule has 566 valence electrons. The van der Waals surface area contributed by atoms with Gasteiger partial charge in [-0.05, 0) is 158 Å². The first-order chi connectivity index (χ1) is 51.8. The van der Waals surface area contributed by atoms with Crippen molar-refractivity contribution < 1.29 is 108 Å². The predicted molar refractivity (Wildman–Crippen MR) is 395 cm³/mol. The molecule has 0 amide bonds. The fraction of sp³-hybridized carbons (Fsp3) is 0.250. The normalized spacial score (nSPS) is 12.7. The summed E-state index contributed by atoms with van der Waals surface area (Å²) in [7, 11) is 3.44. The van der Waals surface area contributed by atoms with Gasteiger partial charge in [-0.25, -0.2) is 57.9 Å². The van der Waals surface area contributed by atoms with Crippen LogP contribution in [0.3, 0.4) is 0 Å². The minimum absolute atomic E-state index is 0.0967. The Kier molecular flexibility index (Phi) is 33.6. The first-order valence-corrected chi connectivity index (χ1v) is 33.9. The fourth-order valence-corrected chi connectivity index (χ4v) is 12.1. The van der Waals surface area contributed by atoms with Crippen LogP contribution < -0.4 is 9.47 Å². The number of hydrogen-bond acceptors (Lipinski definition) is 16. The summed E-state index contributed by atoms with van der Waals surface area (Å²) in [6.45, 7) is 6.84. The maximum Gasteiger partial charge on any atom is 0.414 e. The number of carbonyl (C=O) groups is 10. The van der Waals surface area contributed by atoms with Crippen molar-refractivity contribution >= 4 is 81.8 Å². The molecule has 0 spiro atoms. The molecule has 2 fully saturated rings. The van der Waals surface area contributed by atoms with E-state index in [-0.39, 0.29) is 12.1 Å². The molecule has 0 atom stereocenters. The lowest BCUT2D eigenvalue weighted by atomic mass is 9.92. The van der Waals surface area contributed by atoms with Gasteiger partial charge in [-0.1, -0.05) is 170 Å². The lowest BCUT2D eigenvalue weighted by molar-refractivity contribution is -0.159. The Hall–Kier alpha value is -13.1. The number of methoxy groups -OCH3 is 2. The van der Waals surface area contributed by atoms with Gasteiger partial charge in [0.2, 0.25) is 0 Å². The monoisotopic (exact) mass is 1480 g/mol. The molecule has 2 aromatic heterocycles. The number of ether oxygens (including phenoxy) is 2. The third-order valence-electron chi connectivity index (χ3n) is 17.3. The van der Waals surface area contributed by atoms with Gasteiger partial charge in [-0.3, -0.25) is 0 Å². The molecule has 10 N–H and O–H groups in total. The summed E-state index contributed by atoms with van der Waals surface area (Å²) in [4.78, 5) is 107. The van der Waals surface area contributed by atoms with E-state index < -0.39 is 59.7 Å². The van der Waals surface area contributed by atoms with Crippen LogP contribution in [0.25, 0.3) is 22.1 Å². The Morgan fingerprint density at radius 3 is 0.796 bits per heavy atom. The van der Waals surface area contributed by atoms with Crippen LogP contribution in [0.4, 0.5) is 0 Å². The second kappa shape index (κ2) is 43.3. The van der Waals surface area contributed by atoms with Gasteiger partial charge < -0.3 is 79.5 Å². The van der Waals surface area contributed by atoms with Gasteiger partial charge in [0.05, 0.1) is 48.4 Å². The number of benzene rings is 8. The molecule has 0 unspecified atom stereocenters. The number of piperidine rings is 2. The predicted octanol–water partition coefficient (Wildman–Crippen LogP) is 10.1. The Morgan fingerprint density at radius 2 is 0.565 bits per heavy atom. The highest BCUT2D eigenvalue weighted by atomic mass is 16.5. The van der Waals surface area contributed by atoms with Crippen molar-refractivity contribution in [3.63, 3.8) is 0 Å². The number of likely N-dealkylation sites (tertiary alicyclic amines) is 2. The van der Waals surface area contributed by atoms with Crippen LogP contribution in [0, 0.1) is 11.8 Å². The molecule has 10 aromatic rings. The third-order valence-corrected chi connectivity index (χ3v) is 17.3. The molecule has 108 heavy (non-hydrogen) atoms. The maximum atomic E-state index is 9.10. The number of aliphatic carboxylic acids is 10. The average molecular weight is 1480 g/mol. The van der Waals surface area contributed by atoms with Crippen molar-refractivity contribution in [3.05, 3.63) is 263 Å². The molecule has 2 aliphatic heterocycles. The quantitative estimate of drug-likeness (QED) is 0.0357. The Morgan fingerprint density at radius 1 is 0.333 bits per heavy atom. The lowest BCUT2D eigenvalue weighted by Gasteiger charge is -2.32. The van der Waals surface area contributed by atoms with Crippen molar-refractivity contribution in [2.45, 2.75) is 63.5 Å². The third kappa shape index (κ3) is 26.9. The number of hydrogen-bond donors (Lipinski definition) is 10. The van der Waals surface area contributed by atoms with Crippen LogP contribution >= 0.6 is 0 Å². The highest BCUT2D eigenvalue weighted by molar-refractivity contribution is 6.29. The molecule has 8 aromatic carbocycles. The first kappa shape index (κ1) is 83.9.